The van der Waals surface area contributed by atoms with E-state index in [1.807, 2.05) is 0 Å². The first kappa shape index (κ1) is 16.1. The predicted octanol–water partition coefficient (Wildman–Crippen LogP) is 0.463. The molecule has 0 aliphatic heterocycles. The molecule has 0 aromatic rings. The van der Waals surface area contributed by atoms with Crippen LogP contribution in [-0.2, 0) is 28.7 Å². The van der Waals surface area contributed by atoms with Crippen molar-refractivity contribution in [3.05, 3.63) is 0 Å². The molecule has 0 saturated heterocycles. The highest BCUT2D eigenvalue weighted by Crippen LogP contribution is 2.07. The minimum atomic E-state index is -0.903. The molecule has 18 heavy (non-hydrogen) atoms. The van der Waals surface area contributed by atoms with Gasteiger partial charge in [-0.05, 0) is 20.8 Å². The first-order valence-electron chi connectivity index (χ1n) is 5.18. The van der Waals surface area contributed by atoms with Crippen molar-refractivity contribution < 1.29 is 28.7 Å². The van der Waals surface area contributed by atoms with Gasteiger partial charge in [-0.1, -0.05) is 5.16 Å². The molecule has 0 saturated carbocycles. The van der Waals surface area contributed by atoms with Crippen LogP contribution in [0.25, 0.3) is 0 Å². The second kappa shape index (κ2) is 6.73. The molecule has 0 atom stereocenters. The van der Waals surface area contributed by atoms with Crippen molar-refractivity contribution in [1.29, 1.82) is 0 Å². The highest BCUT2D eigenvalue weighted by atomic mass is 16.7. The van der Waals surface area contributed by atoms with Gasteiger partial charge in [0.15, 0.2) is 5.78 Å². The van der Waals surface area contributed by atoms with Crippen molar-refractivity contribution in [3.8, 4) is 0 Å². The standard InChI is InChI=1S/C11H17NO6/c1-7(13)9(10(15)18-11(2,3)4)12-17-6-8(14)16-5/h6H2,1-5H3/b12-9+. The molecule has 0 amide bonds. The van der Waals surface area contributed by atoms with E-state index in [0.29, 0.717) is 0 Å². The Balaban J connectivity index is 4.66. The Labute approximate surface area is 105 Å². The number of ether oxygens (including phenoxy) is 2. The fourth-order valence-electron chi connectivity index (χ4n) is 0.780. The van der Waals surface area contributed by atoms with Gasteiger partial charge >= 0.3 is 11.9 Å². The molecule has 0 N–H and O–H groups in total. The smallest absolute Gasteiger partial charge is 0.364 e. The minimum absolute atomic E-state index is 0.490. The van der Waals surface area contributed by atoms with Crippen molar-refractivity contribution in [2.24, 2.45) is 5.16 Å². The first-order chi connectivity index (χ1) is 8.17. The fraction of sp³-hybridized carbons (Fsp3) is 0.636. The lowest BCUT2D eigenvalue weighted by atomic mass is 10.2. The average molecular weight is 259 g/mol. The number of hydrogen-bond acceptors (Lipinski definition) is 7. The Hall–Kier alpha value is -1.92. The molecule has 7 nitrogen and oxygen atoms in total. The van der Waals surface area contributed by atoms with E-state index >= 15 is 0 Å². The maximum Gasteiger partial charge on any atom is 0.364 e. The SMILES string of the molecule is COC(=O)CO/N=C(\C(C)=O)C(=O)OC(C)(C)C. The first-order valence-corrected chi connectivity index (χ1v) is 5.18. The molecule has 0 aliphatic carbocycles. The van der Waals surface area contributed by atoms with Crippen LogP contribution in [0.3, 0.4) is 0 Å². The topological polar surface area (TPSA) is 91.3 Å². The van der Waals surface area contributed by atoms with Crippen LogP contribution < -0.4 is 0 Å². The molecule has 0 heterocycles. The fourth-order valence-corrected chi connectivity index (χ4v) is 0.780. The van der Waals surface area contributed by atoms with Gasteiger partial charge in [0.05, 0.1) is 7.11 Å². The number of nitrogens with zero attached hydrogens (tertiary/aromatic N) is 1. The van der Waals surface area contributed by atoms with E-state index in [1.165, 1.54) is 7.11 Å². The summed E-state index contributed by atoms with van der Waals surface area (Å²) < 4.78 is 9.26. The number of esters is 2. The Morgan fingerprint density at radius 3 is 2.11 bits per heavy atom. The zero-order valence-electron chi connectivity index (χ0n) is 11.1. The van der Waals surface area contributed by atoms with Crippen molar-refractivity contribution in [3.63, 3.8) is 0 Å². The van der Waals surface area contributed by atoms with Gasteiger partial charge in [-0.15, -0.1) is 0 Å². The van der Waals surface area contributed by atoms with E-state index in [1.54, 1.807) is 20.8 Å². The Morgan fingerprint density at radius 2 is 1.72 bits per heavy atom. The zero-order chi connectivity index (χ0) is 14.3. The van der Waals surface area contributed by atoms with Crippen LogP contribution in [0, 0.1) is 0 Å². The van der Waals surface area contributed by atoms with Gasteiger partial charge in [0.25, 0.3) is 0 Å². The van der Waals surface area contributed by atoms with E-state index in [4.69, 9.17) is 4.74 Å². The second-order valence-electron chi connectivity index (χ2n) is 4.35. The van der Waals surface area contributed by atoms with E-state index in [9.17, 15) is 14.4 Å². The van der Waals surface area contributed by atoms with Gasteiger partial charge in [-0.25, -0.2) is 9.59 Å². The van der Waals surface area contributed by atoms with Crippen LogP contribution in [0.4, 0.5) is 0 Å². The summed E-state index contributed by atoms with van der Waals surface area (Å²) in [6.07, 6.45) is 0. The van der Waals surface area contributed by atoms with Crippen LogP contribution in [0.15, 0.2) is 5.16 Å². The van der Waals surface area contributed by atoms with Crippen molar-refractivity contribution in [1.82, 2.24) is 0 Å². The van der Waals surface area contributed by atoms with E-state index in [2.05, 4.69) is 14.7 Å². The lowest BCUT2D eigenvalue weighted by molar-refractivity contribution is -0.149. The molecule has 0 aliphatic rings. The summed E-state index contributed by atoms with van der Waals surface area (Å²) in [7, 11) is 1.18. The average Bonchev–Trinajstić information content (AvgIpc) is 2.20. The second-order valence-corrected chi connectivity index (χ2v) is 4.35. The monoisotopic (exact) mass is 259 g/mol. The lowest BCUT2D eigenvalue weighted by Gasteiger charge is -2.19. The van der Waals surface area contributed by atoms with Gasteiger partial charge in [0.1, 0.15) is 5.60 Å². The van der Waals surface area contributed by atoms with Crippen LogP contribution in [0.2, 0.25) is 0 Å². The summed E-state index contributed by atoms with van der Waals surface area (Å²) in [5.74, 6) is -2.19. The molecule has 0 aromatic heterocycles. The van der Waals surface area contributed by atoms with Gasteiger partial charge in [-0.2, -0.15) is 0 Å². The maximum absolute atomic E-state index is 11.6. The quantitative estimate of drug-likeness (QED) is 0.308. The molecule has 0 unspecified atom stereocenters. The number of oxime groups is 1. The predicted molar refractivity (Wildman–Crippen MR) is 61.9 cm³/mol. The number of rotatable bonds is 5. The Morgan fingerprint density at radius 1 is 1.17 bits per heavy atom. The summed E-state index contributed by atoms with van der Waals surface area (Å²) >= 11 is 0. The number of Topliss-reactive ketones (excluding diaryl/α,β-unsaturated/α-hetero) is 1. The van der Waals surface area contributed by atoms with Gasteiger partial charge in [0.2, 0.25) is 12.3 Å². The summed E-state index contributed by atoms with van der Waals surface area (Å²) in [5, 5.41) is 3.29. The summed E-state index contributed by atoms with van der Waals surface area (Å²) in [6.45, 7) is 5.61. The van der Waals surface area contributed by atoms with E-state index < -0.39 is 35.6 Å². The van der Waals surface area contributed by atoms with E-state index in [-0.39, 0.29) is 0 Å². The van der Waals surface area contributed by atoms with Crippen LogP contribution >= 0.6 is 0 Å². The summed E-state index contributed by atoms with van der Waals surface area (Å²) in [5.41, 5.74) is -1.26. The van der Waals surface area contributed by atoms with Crippen molar-refractivity contribution in [2.45, 2.75) is 33.3 Å². The summed E-state index contributed by atoms with van der Waals surface area (Å²) in [4.78, 5) is 38.0. The normalized spacial score (nSPS) is 11.7. The molecule has 0 bridgehead atoms. The lowest BCUT2D eigenvalue weighted by Crippen LogP contribution is -2.32. The third-order valence-corrected chi connectivity index (χ3v) is 1.49. The van der Waals surface area contributed by atoms with Crippen LogP contribution in [0.1, 0.15) is 27.7 Å². The number of hydrogen-bond donors (Lipinski definition) is 0. The number of carbonyl (C=O) groups excluding carboxylic acids is 3. The summed E-state index contributed by atoms with van der Waals surface area (Å²) in [6, 6.07) is 0. The molecule has 7 heteroatoms. The van der Waals surface area contributed by atoms with Crippen LogP contribution in [0.5, 0.6) is 0 Å². The molecular formula is C11H17NO6. The number of methoxy groups -OCH3 is 1. The van der Waals surface area contributed by atoms with Crippen molar-refractivity contribution >= 4 is 23.4 Å². The van der Waals surface area contributed by atoms with Crippen molar-refractivity contribution in [2.75, 3.05) is 13.7 Å². The molecule has 0 rings (SSSR count). The largest absolute Gasteiger partial charge is 0.466 e. The molecule has 0 aromatic carbocycles. The molecular weight excluding hydrogens is 242 g/mol. The molecule has 0 spiro atoms. The maximum atomic E-state index is 11.6. The molecule has 0 radical (unpaired) electrons. The highest BCUT2D eigenvalue weighted by molar-refractivity contribution is 6.63. The van der Waals surface area contributed by atoms with Gasteiger partial charge in [-0.3, -0.25) is 4.79 Å². The molecule has 102 valence electrons. The number of carbonyl (C=O) groups is 3. The minimum Gasteiger partial charge on any atom is -0.466 e. The number of ketones is 1. The Kier molecular flexibility index (Phi) is 6.01. The third kappa shape index (κ3) is 6.62. The third-order valence-electron chi connectivity index (χ3n) is 1.49. The van der Waals surface area contributed by atoms with Gasteiger partial charge in [0, 0.05) is 6.92 Å². The van der Waals surface area contributed by atoms with Gasteiger partial charge < -0.3 is 14.3 Å². The molecule has 0 fully saturated rings. The highest BCUT2D eigenvalue weighted by Gasteiger charge is 2.25. The Bertz CT molecular complexity index is 366. The van der Waals surface area contributed by atoms with Crippen LogP contribution in [-0.4, -0.2) is 42.8 Å². The zero-order valence-corrected chi connectivity index (χ0v) is 11.1. The van der Waals surface area contributed by atoms with E-state index in [0.717, 1.165) is 6.92 Å².